The number of hydrogen-bond acceptors (Lipinski definition) is 5. The molecule has 1 amide bonds. The van der Waals surface area contributed by atoms with Gasteiger partial charge < -0.3 is 15.6 Å². The zero-order chi connectivity index (χ0) is 16.2. The van der Waals surface area contributed by atoms with Crippen LogP contribution in [0.1, 0.15) is 16.3 Å². The van der Waals surface area contributed by atoms with E-state index in [9.17, 15) is 9.18 Å². The Labute approximate surface area is 135 Å². The van der Waals surface area contributed by atoms with Crippen molar-refractivity contribution in [3.63, 3.8) is 0 Å². The second-order valence-corrected chi connectivity index (χ2v) is 5.58. The summed E-state index contributed by atoms with van der Waals surface area (Å²) in [6.45, 7) is 0.256. The summed E-state index contributed by atoms with van der Waals surface area (Å²) in [5.41, 5.74) is 1.96. The van der Waals surface area contributed by atoms with Crippen molar-refractivity contribution in [1.29, 1.82) is 0 Å². The molecule has 1 aromatic carbocycles. The van der Waals surface area contributed by atoms with E-state index in [1.165, 1.54) is 23.5 Å². The van der Waals surface area contributed by atoms with Gasteiger partial charge in [0.25, 0.3) is 5.91 Å². The second kappa shape index (κ2) is 6.57. The number of aromatic nitrogens is 3. The van der Waals surface area contributed by atoms with Gasteiger partial charge in [-0.3, -0.25) is 4.79 Å². The van der Waals surface area contributed by atoms with Crippen molar-refractivity contribution < 1.29 is 9.18 Å². The highest BCUT2D eigenvalue weighted by Gasteiger charge is 2.11. The molecule has 2 heterocycles. The molecule has 3 aromatic rings. The minimum atomic E-state index is -0.287. The lowest BCUT2D eigenvalue weighted by Crippen LogP contribution is -2.23. The monoisotopic (exact) mass is 331 g/mol. The zero-order valence-electron chi connectivity index (χ0n) is 12.3. The number of amides is 1. The maximum Gasteiger partial charge on any atom is 0.271 e. The van der Waals surface area contributed by atoms with Crippen LogP contribution in [0, 0.1) is 5.82 Å². The lowest BCUT2D eigenvalue weighted by molar-refractivity contribution is 0.0946. The third kappa shape index (κ3) is 3.54. The molecule has 8 heteroatoms. The maximum atomic E-state index is 12.9. The highest BCUT2D eigenvalue weighted by Crippen LogP contribution is 2.17. The normalized spacial score (nSPS) is 10.5. The Balaban J connectivity index is 1.63. The number of rotatable bonds is 5. The van der Waals surface area contributed by atoms with E-state index in [0.29, 0.717) is 16.6 Å². The number of imidazole rings is 1. The average molecular weight is 331 g/mol. The fourth-order valence-electron chi connectivity index (χ4n) is 1.98. The summed E-state index contributed by atoms with van der Waals surface area (Å²) in [6.07, 6.45) is 1.65. The molecule has 0 atom stereocenters. The third-order valence-corrected chi connectivity index (χ3v) is 4.01. The maximum absolute atomic E-state index is 12.9. The highest BCUT2D eigenvalue weighted by atomic mass is 32.1. The number of aromatic amines is 1. The lowest BCUT2D eigenvalue weighted by Gasteiger charge is -2.01. The summed E-state index contributed by atoms with van der Waals surface area (Å²) < 4.78 is 12.9. The van der Waals surface area contributed by atoms with Gasteiger partial charge in [0.15, 0.2) is 5.13 Å². The lowest BCUT2D eigenvalue weighted by atomic mass is 10.2. The molecule has 0 unspecified atom stereocenters. The predicted molar refractivity (Wildman–Crippen MR) is 86.8 cm³/mol. The molecule has 0 saturated carbocycles. The van der Waals surface area contributed by atoms with Crippen LogP contribution in [0.15, 0.2) is 35.8 Å². The van der Waals surface area contributed by atoms with Crippen LogP contribution in [-0.2, 0) is 6.54 Å². The van der Waals surface area contributed by atoms with Crippen molar-refractivity contribution in [2.45, 2.75) is 6.54 Å². The van der Waals surface area contributed by atoms with Crippen molar-refractivity contribution in [3.05, 3.63) is 53.2 Å². The molecule has 0 aliphatic carbocycles. The SMILES string of the molecule is CNc1nc(C(=O)NCc2ncc(-c3ccc(F)cc3)[nH]2)cs1. The van der Waals surface area contributed by atoms with E-state index in [1.807, 2.05) is 0 Å². The summed E-state index contributed by atoms with van der Waals surface area (Å²) >= 11 is 1.36. The van der Waals surface area contributed by atoms with Gasteiger partial charge in [0, 0.05) is 12.4 Å². The minimum Gasteiger partial charge on any atom is -0.365 e. The molecule has 6 nitrogen and oxygen atoms in total. The van der Waals surface area contributed by atoms with Gasteiger partial charge in [0.05, 0.1) is 18.4 Å². The Morgan fingerprint density at radius 2 is 2.13 bits per heavy atom. The first-order chi connectivity index (χ1) is 11.2. The molecular weight excluding hydrogens is 317 g/mol. The average Bonchev–Trinajstić information content (AvgIpc) is 3.22. The molecule has 23 heavy (non-hydrogen) atoms. The van der Waals surface area contributed by atoms with Gasteiger partial charge in [0.1, 0.15) is 17.3 Å². The molecule has 118 valence electrons. The van der Waals surface area contributed by atoms with Gasteiger partial charge in [-0.2, -0.15) is 0 Å². The van der Waals surface area contributed by atoms with Gasteiger partial charge in [-0.1, -0.05) is 0 Å². The summed E-state index contributed by atoms with van der Waals surface area (Å²) in [7, 11) is 1.75. The van der Waals surface area contributed by atoms with Gasteiger partial charge in [-0.15, -0.1) is 11.3 Å². The van der Waals surface area contributed by atoms with Crippen LogP contribution in [0.4, 0.5) is 9.52 Å². The molecule has 3 rings (SSSR count). The summed E-state index contributed by atoms with van der Waals surface area (Å²) in [5.74, 6) is 0.0641. The summed E-state index contributed by atoms with van der Waals surface area (Å²) in [4.78, 5) is 23.4. The van der Waals surface area contributed by atoms with Crippen LogP contribution in [0.2, 0.25) is 0 Å². The van der Waals surface area contributed by atoms with Crippen molar-refractivity contribution in [1.82, 2.24) is 20.3 Å². The number of carbonyl (C=O) groups is 1. The number of nitrogens with one attached hydrogen (secondary N) is 3. The Kier molecular flexibility index (Phi) is 4.33. The van der Waals surface area contributed by atoms with Crippen molar-refractivity contribution in [2.24, 2.45) is 0 Å². The Hall–Kier alpha value is -2.74. The number of halogens is 1. The molecule has 3 N–H and O–H groups in total. The van der Waals surface area contributed by atoms with Crippen LogP contribution in [-0.4, -0.2) is 27.9 Å². The molecule has 0 bridgehead atoms. The number of H-pyrrole nitrogens is 1. The van der Waals surface area contributed by atoms with Crippen LogP contribution in [0.25, 0.3) is 11.3 Å². The minimum absolute atomic E-state index is 0.256. The number of anilines is 1. The number of hydrogen-bond donors (Lipinski definition) is 3. The Morgan fingerprint density at radius 1 is 1.35 bits per heavy atom. The smallest absolute Gasteiger partial charge is 0.271 e. The van der Waals surface area contributed by atoms with Crippen LogP contribution in [0.5, 0.6) is 0 Å². The van der Waals surface area contributed by atoms with E-state index >= 15 is 0 Å². The first-order valence-corrected chi connectivity index (χ1v) is 7.75. The van der Waals surface area contributed by atoms with Crippen molar-refractivity contribution >= 4 is 22.4 Å². The van der Waals surface area contributed by atoms with E-state index in [0.717, 1.165) is 11.3 Å². The number of nitrogens with zero attached hydrogens (tertiary/aromatic N) is 2. The largest absolute Gasteiger partial charge is 0.365 e. The van der Waals surface area contributed by atoms with E-state index in [1.54, 1.807) is 30.8 Å². The first-order valence-electron chi connectivity index (χ1n) is 6.87. The summed E-state index contributed by atoms with van der Waals surface area (Å²) in [5, 5.41) is 8.01. The number of benzene rings is 1. The Bertz CT molecular complexity index is 811. The van der Waals surface area contributed by atoms with Gasteiger partial charge >= 0.3 is 0 Å². The Morgan fingerprint density at radius 3 is 2.83 bits per heavy atom. The number of carbonyl (C=O) groups excluding carboxylic acids is 1. The molecule has 0 aliphatic heterocycles. The van der Waals surface area contributed by atoms with E-state index in [4.69, 9.17) is 0 Å². The second-order valence-electron chi connectivity index (χ2n) is 4.72. The van der Waals surface area contributed by atoms with Crippen LogP contribution < -0.4 is 10.6 Å². The zero-order valence-corrected chi connectivity index (χ0v) is 13.1. The first kappa shape index (κ1) is 15.2. The van der Waals surface area contributed by atoms with E-state index in [2.05, 4.69) is 25.6 Å². The molecule has 0 aliphatic rings. The molecule has 0 fully saturated rings. The molecule has 0 radical (unpaired) electrons. The topological polar surface area (TPSA) is 82.7 Å². The summed E-state index contributed by atoms with van der Waals surface area (Å²) in [6, 6.07) is 6.11. The van der Waals surface area contributed by atoms with Gasteiger partial charge in [-0.25, -0.2) is 14.4 Å². The van der Waals surface area contributed by atoms with Crippen LogP contribution >= 0.6 is 11.3 Å². The van der Waals surface area contributed by atoms with E-state index < -0.39 is 0 Å². The van der Waals surface area contributed by atoms with Gasteiger partial charge in [-0.05, 0) is 29.8 Å². The fourth-order valence-corrected chi connectivity index (χ4v) is 2.63. The molecular formula is C15H14FN5OS. The van der Waals surface area contributed by atoms with Gasteiger partial charge in [0.2, 0.25) is 0 Å². The third-order valence-electron chi connectivity index (χ3n) is 3.15. The quantitative estimate of drug-likeness (QED) is 0.671. The fraction of sp³-hybridized carbons (Fsp3) is 0.133. The molecule has 2 aromatic heterocycles. The highest BCUT2D eigenvalue weighted by molar-refractivity contribution is 7.13. The molecule has 0 saturated heterocycles. The predicted octanol–water partition coefficient (Wildman–Crippen LogP) is 2.64. The van der Waals surface area contributed by atoms with Crippen molar-refractivity contribution in [2.75, 3.05) is 12.4 Å². The molecule has 0 spiro atoms. The standard InChI is InChI=1S/C15H14FN5OS/c1-17-15-21-12(8-23-15)14(22)19-7-13-18-6-11(20-13)9-2-4-10(16)5-3-9/h2-6,8H,7H2,1H3,(H,17,21)(H,18,20)(H,19,22). The van der Waals surface area contributed by atoms with Crippen molar-refractivity contribution in [3.8, 4) is 11.3 Å². The number of thiazole rings is 1. The van der Waals surface area contributed by atoms with E-state index in [-0.39, 0.29) is 18.3 Å². The van der Waals surface area contributed by atoms with Crippen LogP contribution in [0.3, 0.4) is 0 Å².